The van der Waals surface area contributed by atoms with Gasteiger partial charge in [-0.2, -0.15) is 0 Å². The van der Waals surface area contributed by atoms with Crippen LogP contribution in [0.1, 0.15) is 27.2 Å². The molecule has 1 aliphatic rings. The summed E-state index contributed by atoms with van der Waals surface area (Å²) in [5, 5.41) is 16.1. The molecule has 0 aromatic carbocycles. The van der Waals surface area contributed by atoms with Gasteiger partial charge >= 0.3 is 6.09 Å². The summed E-state index contributed by atoms with van der Waals surface area (Å²) < 4.78 is 5.12. The third-order valence-electron chi connectivity index (χ3n) is 2.19. The van der Waals surface area contributed by atoms with E-state index in [1.165, 1.54) is 0 Å². The Morgan fingerprint density at radius 3 is 2.42 bits per heavy atom. The summed E-state index contributed by atoms with van der Waals surface area (Å²) in [6, 6.07) is 1.95. The molecule has 1 fully saturated rings. The fourth-order valence-corrected chi connectivity index (χ4v) is 1.46. The maximum atomic E-state index is 11.3. The van der Waals surface area contributed by atoms with Crippen LogP contribution in [-0.4, -0.2) is 46.2 Å². The fraction of sp³-hybridized carbons (Fsp3) is 0.667. The van der Waals surface area contributed by atoms with E-state index in [9.17, 15) is 4.79 Å². The maximum absolute atomic E-state index is 11.3. The minimum Gasteiger partial charge on any atom is -0.444 e. The Morgan fingerprint density at radius 2 is 2.05 bits per heavy atom. The van der Waals surface area contributed by atoms with Crippen molar-refractivity contribution in [3.8, 4) is 0 Å². The number of rotatable bonds is 1. The number of alkyl carbamates (subject to hydrolysis) is 1. The molecule has 1 amide bonds. The third-order valence-corrected chi connectivity index (χ3v) is 2.19. The molecule has 2 N–H and O–H groups in total. The van der Waals surface area contributed by atoms with Gasteiger partial charge in [-0.25, -0.2) is 4.79 Å². The number of hydrogen-bond acceptors (Lipinski definition) is 6. The zero-order valence-corrected chi connectivity index (χ0v) is 11.6. The van der Waals surface area contributed by atoms with Gasteiger partial charge in [-0.15, -0.1) is 10.2 Å². The Labute approximate surface area is 113 Å². The van der Waals surface area contributed by atoms with Gasteiger partial charge in [-0.1, -0.05) is 0 Å². The predicted molar refractivity (Wildman–Crippen MR) is 70.5 cm³/mol. The van der Waals surface area contributed by atoms with Gasteiger partial charge in [0.2, 0.25) is 0 Å². The molecule has 0 unspecified atom stereocenters. The average Bonchev–Trinajstić information content (AvgIpc) is 2.82. The van der Waals surface area contributed by atoms with E-state index >= 15 is 0 Å². The van der Waals surface area contributed by atoms with Crippen molar-refractivity contribution in [2.24, 2.45) is 0 Å². The number of nitrogens with one attached hydrogen (secondary N) is 2. The molecule has 0 aliphatic carbocycles. The summed E-state index contributed by atoms with van der Waals surface area (Å²) in [4.78, 5) is 11.3. The lowest BCUT2D eigenvalue weighted by atomic mass is 10.2. The van der Waals surface area contributed by atoms with E-state index in [4.69, 9.17) is 4.74 Å². The lowest BCUT2D eigenvalue weighted by Crippen LogP contribution is -2.40. The van der Waals surface area contributed by atoms with Crippen LogP contribution in [-0.2, 0) is 4.74 Å². The van der Waals surface area contributed by atoms with E-state index in [0.29, 0.717) is 0 Å². The van der Waals surface area contributed by atoms with E-state index in [2.05, 4.69) is 26.0 Å². The molecule has 7 nitrogen and oxygen atoms in total. The van der Waals surface area contributed by atoms with E-state index in [0.717, 1.165) is 19.5 Å². The molecule has 2 heterocycles. The first-order chi connectivity index (χ1) is 8.97. The second kappa shape index (κ2) is 7.63. The van der Waals surface area contributed by atoms with Crippen molar-refractivity contribution in [1.82, 2.24) is 26.0 Å². The van der Waals surface area contributed by atoms with Gasteiger partial charge in [-0.3, -0.25) is 0 Å². The van der Waals surface area contributed by atoms with Crippen molar-refractivity contribution in [1.29, 1.82) is 0 Å². The topological polar surface area (TPSA) is 89.0 Å². The van der Waals surface area contributed by atoms with E-state index < -0.39 is 5.60 Å². The van der Waals surface area contributed by atoms with Crippen molar-refractivity contribution in [3.05, 3.63) is 18.5 Å². The number of nitrogens with zero attached hydrogens (tertiary/aromatic N) is 3. The molecule has 2 rings (SSSR count). The third kappa shape index (κ3) is 8.04. The molecule has 1 aromatic heterocycles. The summed E-state index contributed by atoms with van der Waals surface area (Å²) >= 11 is 0. The Balaban J connectivity index is 0.000000250. The minimum absolute atomic E-state index is 0.231. The van der Waals surface area contributed by atoms with Gasteiger partial charge in [0.05, 0.1) is 12.4 Å². The van der Waals surface area contributed by atoms with Gasteiger partial charge in [0.15, 0.2) is 0 Å². The molecule has 7 heteroatoms. The zero-order valence-electron chi connectivity index (χ0n) is 11.6. The largest absolute Gasteiger partial charge is 0.444 e. The van der Waals surface area contributed by atoms with E-state index in [1.54, 1.807) is 18.5 Å². The van der Waals surface area contributed by atoms with Crippen LogP contribution in [0.15, 0.2) is 18.5 Å². The fourth-order valence-electron chi connectivity index (χ4n) is 1.46. The van der Waals surface area contributed by atoms with Crippen molar-refractivity contribution < 1.29 is 9.53 Å². The Hall–Kier alpha value is -1.76. The Kier molecular flexibility index (Phi) is 6.14. The van der Waals surface area contributed by atoms with Crippen molar-refractivity contribution in [3.63, 3.8) is 0 Å². The zero-order chi connectivity index (χ0) is 14.1. The number of aromatic nitrogens is 3. The Bertz CT molecular complexity index is 333. The van der Waals surface area contributed by atoms with Crippen LogP contribution in [0, 0.1) is 0 Å². The van der Waals surface area contributed by atoms with Gasteiger partial charge < -0.3 is 15.4 Å². The van der Waals surface area contributed by atoms with Crippen LogP contribution >= 0.6 is 0 Å². The molecule has 106 valence electrons. The van der Waals surface area contributed by atoms with Crippen LogP contribution in [0.2, 0.25) is 0 Å². The first kappa shape index (κ1) is 15.3. The van der Waals surface area contributed by atoms with E-state index in [1.807, 2.05) is 20.8 Å². The van der Waals surface area contributed by atoms with E-state index in [-0.39, 0.29) is 12.1 Å². The van der Waals surface area contributed by atoms with Gasteiger partial charge in [0, 0.05) is 12.6 Å². The highest BCUT2D eigenvalue weighted by Crippen LogP contribution is 2.07. The molecular formula is C12H21N5O2. The SMILES string of the molecule is CC(C)(C)OC(=O)N[C@@H]1CCNC1.c1cnnnc1. The van der Waals surface area contributed by atoms with Crippen molar-refractivity contribution in [2.75, 3.05) is 13.1 Å². The molecule has 1 atom stereocenters. The Morgan fingerprint density at radius 1 is 1.37 bits per heavy atom. The van der Waals surface area contributed by atoms with Crippen LogP contribution in [0.25, 0.3) is 0 Å². The molecule has 1 saturated heterocycles. The second-order valence-electron chi connectivity index (χ2n) is 5.15. The van der Waals surface area contributed by atoms with Crippen LogP contribution in [0.5, 0.6) is 0 Å². The summed E-state index contributed by atoms with van der Waals surface area (Å²) in [5.74, 6) is 0. The van der Waals surface area contributed by atoms with Gasteiger partial charge in [-0.05, 0) is 45.0 Å². The number of amides is 1. The van der Waals surface area contributed by atoms with Crippen LogP contribution in [0.4, 0.5) is 4.79 Å². The lowest BCUT2D eigenvalue weighted by molar-refractivity contribution is 0.0508. The lowest BCUT2D eigenvalue weighted by Gasteiger charge is -2.21. The van der Waals surface area contributed by atoms with Gasteiger partial charge in [0.25, 0.3) is 0 Å². The molecule has 1 aromatic rings. The van der Waals surface area contributed by atoms with Gasteiger partial charge in [0.1, 0.15) is 5.60 Å². The number of hydrogen-bond donors (Lipinski definition) is 2. The minimum atomic E-state index is -0.407. The second-order valence-corrected chi connectivity index (χ2v) is 5.15. The maximum Gasteiger partial charge on any atom is 0.407 e. The molecule has 0 saturated carbocycles. The average molecular weight is 267 g/mol. The molecule has 19 heavy (non-hydrogen) atoms. The highest BCUT2D eigenvalue weighted by molar-refractivity contribution is 5.68. The first-order valence-corrected chi connectivity index (χ1v) is 6.26. The summed E-state index contributed by atoms with van der Waals surface area (Å²) in [6.07, 6.45) is 3.82. The smallest absolute Gasteiger partial charge is 0.407 e. The number of carbonyl (C=O) groups is 1. The first-order valence-electron chi connectivity index (χ1n) is 6.26. The molecular weight excluding hydrogens is 246 g/mol. The summed E-state index contributed by atoms with van der Waals surface area (Å²) in [7, 11) is 0. The van der Waals surface area contributed by atoms with Crippen molar-refractivity contribution >= 4 is 6.09 Å². The standard InChI is InChI=1S/C9H18N2O2.C3H3N3/c1-9(2,3)13-8(12)11-7-4-5-10-6-7;1-2-4-6-5-3-1/h7,10H,4-6H2,1-3H3,(H,11,12);1-3H/t7-;/m1./s1. The van der Waals surface area contributed by atoms with Crippen molar-refractivity contribution in [2.45, 2.75) is 38.8 Å². The quantitative estimate of drug-likeness (QED) is 0.780. The molecule has 0 radical (unpaired) electrons. The number of carbonyl (C=O) groups excluding carboxylic acids is 1. The molecule has 0 bridgehead atoms. The monoisotopic (exact) mass is 267 g/mol. The summed E-state index contributed by atoms with van der Waals surface area (Å²) in [5.41, 5.74) is -0.407. The highest BCUT2D eigenvalue weighted by atomic mass is 16.6. The molecule has 1 aliphatic heterocycles. The number of ether oxygens (including phenoxy) is 1. The predicted octanol–water partition coefficient (Wildman–Crippen LogP) is 0.745. The van der Waals surface area contributed by atoms with Crippen LogP contribution in [0.3, 0.4) is 0 Å². The normalized spacial score (nSPS) is 18.2. The van der Waals surface area contributed by atoms with Crippen LogP contribution < -0.4 is 10.6 Å². The summed E-state index contributed by atoms with van der Waals surface area (Å²) in [6.45, 7) is 7.40. The highest BCUT2D eigenvalue weighted by Gasteiger charge is 2.21. The molecule has 0 spiro atoms.